The monoisotopic (exact) mass is 421 g/mol. The van der Waals surface area contributed by atoms with E-state index in [1.165, 1.54) is 22.9 Å². The van der Waals surface area contributed by atoms with Crippen molar-refractivity contribution in [2.75, 3.05) is 5.73 Å². The van der Waals surface area contributed by atoms with Crippen molar-refractivity contribution in [1.29, 1.82) is 0 Å². The Morgan fingerprint density at radius 3 is 2.72 bits per heavy atom. The lowest BCUT2D eigenvalue weighted by atomic mass is 10.0. The van der Waals surface area contributed by atoms with E-state index >= 15 is 0 Å². The Bertz CT molecular complexity index is 1110. The number of phenols is 1. The molecule has 8 nitrogen and oxygen atoms in total. The molecule has 1 aromatic carbocycles. The van der Waals surface area contributed by atoms with Crippen LogP contribution in [0.25, 0.3) is 11.3 Å². The van der Waals surface area contributed by atoms with Gasteiger partial charge in [0.25, 0.3) is 0 Å². The third kappa shape index (κ3) is 3.81. The fourth-order valence-corrected chi connectivity index (χ4v) is 3.23. The smallest absolute Gasteiger partial charge is 0.340 e. The van der Waals surface area contributed by atoms with Crippen molar-refractivity contribution in [3.8, 4) is 17.0 Å². The standard InChI is InChI=1S/C19H17ClFN3O5/c1-2-24-8-11(15(18(24)22)19(27)28)13(26)5-6-14-16(20)17(23-29-14)10-4-3-9(25)7-12(10)21/h3-4,7-8,25H,2,5-6,22H2,1H3,(H,27,28). The summed E-state index contributed by atoms with van der Waals surface area (Å²) >= 11 is 6.22. The zero-order valence-corrected chi connectivity index (χ0v) is 16.0. The maximum absolute atomic E-state index is 14.0. The highest BCUT2D eigenvalue weighted by molar-refractivity contribution is 6.33. The number of Topliss-reactive ketones (excluding diaryl/α,β-unsaturated/α-hetero) is 1. The summed E-state index contributed by atoms with van der Waals surface area (Å²) < 4.78 is 20.6. The van der Waals surface area contributed by atoms with Gasteiger partial charge in [-0.25, -0.2) is 9.18 Å². The maximum atomic E-state index is 14.0. The zero-order valence-electron chi connectivity index (χ0n) is 15.3. The van der Waals surface area contributed by atoms with Crippen LogP contribution in [-0.4, -0.2) is 31.7 Å². The zero-order chi connectivity index (χ0) is 21.3. The lowest BCUT2D eigenvalue weighted by Crippen LogP contribution is -2.09. The summed E-state index contributed by atoms with van der Waals surface area (Å²) in [7, 11) is 0. The van der Waals surface area contributed by atoms with Crippen molar-refractivity contribution in [1.82, 2.24) is 9.72 Å². The summed E-state index contributed by atoms with van der Waals surface area (Å²) in [6, 6.07) is 3.50. The van der Waals surface area contributed by atoms with Gasteiger partial charge in [-0.15, -0.1) is 0 Å². The summed E-state index contributed by atoms with van der Waals surface area (Å²) in [6.45, 7) is 2.18. The number of nitrogen functional groups attached to an aromatic ring is 1. The Hall–Kier alpha value is -3.33. The van der Waals surface area contributed by atoms with Crippen molar-refractivity contribution < 1.29 is 28.7 Å². The second kappa shape index (κ2) is 7.96. The minimum Gasteiger partial charge on any atom is -0.508 e. The molecule has 3 rings (SSSR count). The van der Waals surface area contributed by atoms with E-state index in [1.807, 2.05) is 0 Å². The van der Waals surface area contributed by atoms with E-state index in [2.05, 4.69) is 5.16 Å². The number of halogens is 2. The van der Waals surface area contributed by atoms with Gasteiger partial charge in [-0.1, -0.05) is 16.8 Å². The lowest BCUT2D eigenvalue weighted by molar-refractivity contribution is 0.0693. The highest BCUT2D eigenvalue weighted by Crippen LogP contribution is 2.34. The van der Waals surface area contributed by atoms with Crippen LogP contribution in [0.2, 0.25) is 5.02 Å². The number of hydrogen-bond acceptors (Lipinski definition) is 6. The first-order valence-corrected chi connectivity index (χ1v) is 9.00. The van der Waals surface area contributed by atoms with Gasteiger partial charge < -0.3 is 25.0 Å². The Balaban J connectivity index is 1.82. The number of carbonyl (C=O) groups is 2. The summed E-state index contributed by atoms with van der Waals surface area (Å²) in [5.74, 6) is -2.56. The first-order valence-electron chi connectivity index (χ1n) is 8.62. The van der Waals surface area contributed by atoms with Crippen molar-refractivity contribution in [3.05, 3.63) is 52.1 Å². The van der Waals surface area contributed by atoms with Crippen LogP contribution in [0.3, 0.4) is 0 Å². The number of nitrogens with zero attached hydrogens (tertiary/aromatic N) is 2. The van der Waals surface area contributed by atoms with E-state index in [4.69, 9.17) is 21.9 Å². The topological polar surface area (TPSA) is 132 Å². The third-order valence-corrected chi connectivity index (χ3v) is 4.85. The summed E-state index contributed by atoms with van der Waals surface area (Å²) in [6.07, 6.45) is 1.32. The van der Waals surface area contributed by atoms with Gasteiger partial charge in [0.1, 0.15) is 33.7 Å². The average molecular weight is 422 g/mol. The fraction of sp³-hybridized carbons (Fsp3) is 0.211. The molecular weight excluding hydrogens is 405 g/mol. The van der Waals surface area contributed by atoms with Crippen molar-refractivity contribution in [3.63, 3.8) is 0 Å². The molecule has 0 spiro atoms. The molecule has 0 bridgehead atoms. The van der Waals surface area contributed by atoms with E-state index in [0.29, 0.717) is 6.54 Å². The molecule has 2 heterocycles. The van der Waals surface area contributed by atoms with Gasteiger partial charge in [0, 0.05) is 37.2 Å². The molecule has 152 valence electrons. The molecule has 0 atom stereocenters. The van der Waals surface area contributed by atoms with Crippen LogP contribution in [0.4, 0.5) is 10.2 Å². The van der Waals surface area contributed by atoms with Crippen LogP contribution >= 0.6 is 11.6 Å². The first-order chi connectivity index (χ1) is 13.7. The van der Waals surface area contributed by atoms with Crippen LogP contribution < -0.4 is 5.73 Å². The molecule has 10 heteroatoms. The Kier molecular flexibility index (Phi) is 5.60. The van der Waals surface area contributed by atoms with Crippen LogP contribution in [0.5, 0.6) is 5.75 Å². The SMILES string of the molecule is CCn1cc(C(=O)CCc2onc(-c3ccc(O)cc3F)c2Cl)c(C(=O)O)c1N. The molecule has 4 N–H and O–H groups in total. The van der Waals surface area contributed by atoms with Gasteiger partial charge in [-0.2, -0.15) is 0 Å². The molecule has 2 aromatic heterocycles. The quantitative estimate of drug-likeness (QED) is 0.495. The summed E-state index contributed by atoms with van der Waals surface area (Å²) in [5.41, 5.74) is 5.64. The number of hydrogen-bond donors (Lipinski definition) is 3. The predicted molar refractivity (Wildman–Crippen MR) is 103 cm³/mol. The van der Waals surface area contributed by atoms with Crippen LogP contribution in [0, 0.1) is 5.82 Å². The molecule has 3 aromatic rings. The summed E-state index contributed by atoms with van der Waals surface area (Å²) in [4.78, 5) is 24.1. The number of anilines is 1. The molecular formula is C19H17ClFN3O5. The van der Waals surface area contributed by atoms with Crippen molar-refractivity contribution in [2.45, 2.75) is 26.3 Å². The minimum atomic E-state index is -1.29. The molecule has 0 fully saturated rings. The molecule has 0 unspecified atom stereocenters. The number of phenolic OH excluding ortho intramolecular Hbond substituents is 1. The van der Waals surface area contributed by atoms with Gasteiger partial charge >= 0.3 is 5.97 Å². The third-order valence-electron chi connectivity index (χ3n) is 4.46. The van der Waals surface area contributed by atoms with Gasteiger partial charge in [0.15, 0.2) is 11.5 Å². The van der Waals surface area contributed by atoms with Crippen LogP contribution in [-0.2, 0) is 13.0 Å². The highest BCUT2D eigenvalue weighted by Gasteiger charge is 2.25. The van der Waals surface area contributed by atoms with Gasteiger partial charge in [-0.3, -0.25) is 4.79 Å². The largest absolute Gasteiger partial charge is 0.508 e. The van der Waals surface area contributed by atoms with Crippen LogP contribution in [0.1, 0.15) is 39.8 Å². The fourth-order valence-electron chi connectivity index (χ4n) is 2.96. The number of carbonyl (C=O) groups excluding carboxylic acids is 1. The molecule has 0 aliphatic heterocycles. The Morgan fingerprint density at radius 1 is 1.38 bits per heavy atom. The molecule has 0 aliphatic carbocycles. The van der Waals surface area contributed by atoms with Gasteiger partial charge in [0.2, 0.25) is 0 Å². The molecule has 0 amide bonds. The Morgan fingerprint density at radius 2 is 2.10 bits per heavy atom. The van der Waals surface area contributed by atoms with Crippen molar-refractivity contribution in [2.24, 2.45) is 0 Å². The van der Waals surface area contributed by atoms with Crippen LogP contribution in [0.15, 0.2) is 28.9 Å². The number of nitrogens with two attached hydrogens (primary N) is 1. The van der Waals surface area contributed by atoms with E-state index in [1.54, 1.807) is 6.92 Å². The maximum Gasteiger partial charge on any atom is 0.340 e. The molecule has 0 saturated heterocycles. The lowest BCUT2D eigenvalue weighted by Gasteiger charge is -2.01. The van der Waals surface area contributed by atoms with E-state index in [0.717, 1.165) is 6.07 Å². The number of aryl methyl sites for hydroxylation is 2. The number of ketones is 1. The minimum absolute atomic E-state index is 0.00251. The number of aromatic carboxylic acids is 1. The number of aromatic nitrogens is 2. The number of aromatic hydroxyl groups is 1. The first kappa shape index (κ1) is 20.4. The van der Waals surface area contributed by atoms with E-state index in [-0.39, 0.29) is 57.6 Å². The van der Waals surface area contributed by atoms with E-state index in [9.17, 15) is 24.2 Å². The number of carboxylic acid groups (broad SMARTS) is 1. The van der Waals surface area contributed by atoms with Crippen molar-refractivity contribution >= 4 is 29.2 Å². The molecule has 29 heavy (non-hydrogen) atoms. The average Bonchev–Trinajstić information content (AvgIpc) is 3.19. The van der Waals surface area contributed by atoms with Gasteiger partial charge in [-0.05, 0) is 19.1 Å². The highest BCUT2D eigenvalue weighted by atomic mass is 35.5. The molecule has 0 radical (unpaired) electrons. The Labute approximate surface area is 169 Å². The number of benzene rings is 1. The molecule has 0 saturated carbocycles. The van der Waals surface area contributed by atoms with Gasteiger partial charge in [0.05, 0.1) is 5.56 Å². The number of rotatable bonds is 7. The summed E-state index contributed by atoms with van der Waals surface area (Å²) in [5, 5.41) is 22.4. The normalized spacial score (nSPS) is 11.0. The second-order valence-corrected chi connectivity index (χ2v) is 6.63. The van der Waals surface area contributed by atoms with E-state index < -0.39 is 17.6 Å². The second-order valence-electron chi connectivity index (χ2n) is 6.25. The number of carboxylic acids is 1. The molecule has 0 aliphatic rings. The predicted octanol–water partition coefficient (Wildman–Crippen LogP) is 3.76.